The Morgan fingerprint density at radius 3 is 2.21 bits per heavy atom. The van der Waals surface area contributed by atoms with Crippen molar-refractivity contribution in [2.75, 3.05) is 5.75 Å². The van der Waals surface area contributed by atoms with Gasteiger partial charge in [0.1, 0.15) is 5.03 Å². The zero-order valence-electron chi connectivity index (χ0n) is 14.2. The molecule has 0 aliphatic carbocycles. The highest BCUT2D eigenvalue weighted by molar-refractivity contribution is 7.99. The van der Waals surface area contributed by atoms with Crippen molar-refractivity contribution in [3.63, 3.8) is 0 Å². The van der Waals surface area contributed by atoms with E-state index in [-0.39, 0.29) is 22.9 Å². The molecule has 0 fully saturated rings. The van der Waals surface area contributed by atoms with Gasteiger partial charge in [0.15, 0.2) is 5.78 Å². The molecule has 10 heteroatoms. The Morgan fingerprint density at radius 1 is 0.893 bits per heavy atom. The normalized spacial score (nSPS) is 10.4. The van der Waals surface area contributed by atoms with Gasteiger partial charge in [0.05, 0.1) is 21.3 Å². The molecule has 3 aromatic rings. The second-order valence-electron chi connectivity index (χ2n) is 5.58. The number of nitro groups is 2. The topological polar surface area (TPSA) is 129 Å². The van der Waals surface area contributed by atoms with Crippen molar-refractivity contribution in [3.8, 4) is 11.3 Å². The smallest absolute Gasteiger partial charge is 0.270 e. The summed E-state index contributed by atoms with van der Waals surface area (Å²) in [7, 11) is 0. The second kappa shape index (κ2) is 8.35. The minimum Gasteiger partial charge on any atom is -0.293 e. The van der Waals surface area contributed by atoms with E-state index in [4.69, 9.17) is 0 Å². The summed E-state index contributed by atoms with van der Waals surface area (Å²) in [5.74, 6) is -0.0905. The van der Waals surface area contributed by atoms with E-state index in [9.17, 15) is 25.0 Å². The Kier molecular flexibility index (Phi) is 5.70. The summed E-state index contributed by atoms with van der Waals surface area (Å²) in [4.78, 5) is 32.7. The van der Waals surface area contributed by atoms with Crippen LogP contribution in [-0.4, -0.2) is 31.6 Å². The fourth-order valence-corrected chi connectivity index (χ4v) is 3.03. The predicted octanol–water partition coefficient (Wildman–Crippen LogP) is 3.94. The minimum atomic E-state index is -0.526. The lowest BCUT2D eigenvalue weighted by molar-refractivity contribution is -0.385. The summed E-state index contributed by atoms with van der Waals surface area (Å²) in [6.07, 6.45) is 0. The molecule has 140 valence electrons. The van der Waals surface area contributed by atoms with Crippen LogP contribution in [0.5, 0.6) is 0 Å². The van der Waals surface area contributed by atoms with Gasteiger partial charge in [-0.05, 0) is 24.3 Å². The first-order valence-electron chi connectivity index (χ1n) is 7.93. The van der Waals surface area contributed by atoms with Crippen molar-refractivity contribution in [1.82, 2.24) is 10.2 Å². The third-order valence-electron chi connectivity index (χ3n) is 3.74. The predicted molar refractivity (Wildman–Crippen MR) is 102 cm³/mol. The Balaban J connectivity index is 1.64. The van der Waals surface area contributed by atoms with Crippen molar-refractivity contribution in [2.45, 2.75) is 5.03 Å². The Morgan fingerprint density at radius 2 is 1.61 bits per heavy atom. The second-order valence-corrected chi connectivity index (χ2v) is 6.58. The van der Waals surface area contributed by atoms with Crippen molar-refractivity contribution in [2.24, 2.45) is 0 Å². The lowest BCUT2D eigenvalue weighted by Gasteiger charge is -2.03. The Hall–Kier alpha value is -3.66. The van der Waals surface area contributed by atoms with Gasteiger partial charge in [0.25, 0.3) is 11.4 Å². The SMILES string of the molecule is O=C(CSc1ccc(-c2cccc([N+](=O)[O-])c2)nn1)c1ccc([N+](=O)[O-])cc1. The largest absolute Gasteiger partial charge is 0.293 e. The number of carbonyl (C=O) groups excluding carboxylic acids is 1. The molecule has 0 saturated heterocycles. The molecule has 3 rings (SSSR count). The number of thioether (sulfide) groups is 1. The van der Waals surface area contributed by atoms with Gasteiger partial charge in [-0.2, -0.15) is 0 Å². The molecule has 0 bridgehead atoms. The number of rotatable bonds is 7. The van der Waals surface area contributed by atoms with Gasteiger partial charge in [0.2, 0.25) is 0 Å². The van der Waals surface area contributed by atoms with Gasteiger partial charge in [-0.1, -0.05) is 23.9 Å². The van der Waals surface area contributed by atoms with Crippen LogP contribution in [-0.2, 0) is 0 Å². The van der Waals surface area contributed by atoms with Crippen LogP contribution in [0.25, 0.3) is 11.3 Å². The molecule has 0 saturated carbocycles. The number of carbonyl (C=O) groups is 1. The maximum absolute atomic E-state index is 12.2. The molecule has 0 aliphatic heterocycles. The van der Waals surface area contributed by atoms with Crippen LogP contribution in [0.15, 0.2) is 65.7 Å². The average molecular weight is 396 g/mol. The zero-order chi connectivity index (χ0) is 20.1. The van der Waals surface area contributed by atoms with Crippen LogP contribution in [0.3, 0.4) is 0 Å². The first-order chi connectivity index (χ1) is 13.4. The minimum absolute atomic E-state index is 0.0357. The molecule has 0 atom stereocenters. The van der Waals surface area contributed by atoms with Crippen molar-refractivity contribution >= 4 is 28.9 Å². The van der Waals surface area contributed by atoms with Gasteiger partial charge in [-0.3, -0.25) is 25.0 Å². The number of nitrogens with zero attached hydrogens (tertiary/aromatic N) is 4. The number of hydrogen-bond donors (Lipinski definition) is 0. The lowest BCUT2D eigenvalue weighted by atomic mass is 10.1. The van der Waals surface area contributed by atoms with E-state index in [1.54, 1.807) is 24.3 Å². The van der Waals surface area contributed by atoms with Gasteiger partial charge >= 0.3 is 0 Å². The number of nitro benzene ring substituents is 2. The van der Waals surface area contributed by atoms with E-state index < -0.39 is 9.85 Å². The highest BCUT2D eigenvalue weighted by atomic mass is 32.2. The van der Waals surface area contributed by atoms with Crippen LogP contribution in [0.4, 0.5) is 11.4 Å². The highest BCUT2D eigenvalue weighted by Crippen LogP contribution is 2.24. The zero-order valence-corrected chi connectivity index (χ0v) is 15.0. The van der Waals surface area contributed by atoms with Crippen LogP contribution in [0.1, 0.15) is 10.4 Å². The van der Waals surface area contributed by atoms with E-state index >= 15 is 0 Å². The van der Waals surface area contributed by atoms with E-state index in [1.165, 1.54) is 48.2 Å². The van der Waals surface area contributed by atoms with Crippen molar-refractivity contribution < 1.29 is 14.6 Å². The lowest BCUT2D eigenvalue weighted by Crippen LogP contribution is -2.03. The first kappa shape index (κ1) is 19.1. The molecule has 0 N–H and O–H groups in total. The third kappa shape index (κ3) is 4.54. The molecule has 1 aromatic heterocycles. The molecular weight excluding hydrogens is 384 g/mol. The summed E-state index contributed by atoms with van der Waals surface area (Å²) in [5, 5.41) is 30.1. The van der Waals surface area contributed by atoms with Gasteiger partial charge in [0, 0.05) is 35.4 Å². The maximum atomic E-state index is 12.2. The van der Waals surface area contributed by atoms with Crippen LogP contribution >= 0.6 is 11.8 Å². The summed E-state index contributed by atoms with van der Waals surface area (Å²) in [6.45, 7) is 0. The standard InChI is InChI=1S/C18H12N4O5S/c23-17(12-4-6-14(7-5-12)21(24)25)11-28-18-9-8-16(19-20-18)13-2-1-3-15(10-13)22(26)27/h1-10H,11H2. The Bertz CT molecular complexity index is 1040. The highest BCUT2D eigenvalue weighted by Gasteiger charge is 2.12. The van der Waals surface area contributed by atoms with E-state index in [1.807, 2.05) is 0 Å². The average Bonchev–Trinajstić information content (AvgIpc) is 2.72. The molecule has 9 nitrogen and oxygen atoms in total. The quantitative estimate of drug-likeness (QED) is 0.254. The molecule has 0 spiro atoms. The molecule has 1 heterocycles. The molecular formula is C18H12N4O5S. The molecule has 0 aliphatic rings. The summed E-state index contributed by atoms with van der Waals surface area (Å²) >= 11 is 1.18. The number of ketones is 1. The fourth-order valence-electron chi connectivity index (χ4n) is 2.32. The van der Waals surface area contributed by atoms with Gasteiger partial charge in [-0.15, -0.1) is 10.2 Å². The monoisotopic (exact) mass is 396 g/mol. The van der Waals surface area contributed by atoms with Gasteiger partial charge < -0.3 is 0 Å². The number of aromatic nitrogens is 2. The van der Waals surface area contributed by atoms with Crippen LogP contribution < -0.4 is 0 Å². The molecule has 2 aromatic carbocycles. The summed E-state index contributed by atoms with van der Waals surface area (Å²) in [5.41, 5.74) is 1.31. The number of benzene rings is 2. The van der Waals surface area contributed by atoms with E-state index in [0.29, 0.717) is 21.8 Å². The number of hydrogen-bond acceptors (Lipinski definition) is 8. The van der Waals surface area contributed by atoms with E-state index in [2.05, 4.69) is 10.2 Å². The molecule has 0 amide bonds. The third-order valence-corrected chi connectivity index (χ3v) is 4.66. The fraction of sp³-hybridized carbons (Fsp3) is 0.0556. The van der Waals surface area contributed by atoms with Crippen LogP contribution in [0, 0.1) is 20.2 Å². The van der Waals surface area contributed by atoms with Crippen molar-refractivity contribution in [1.29, 1.82) is 0 Å². The van der Waals surface area contributed by atoms with Crippen molar-refractivity contribution in [3.05, 3.63) is 86.5 Å². The molecule has 0 radical (unpaired) electrons. The molecule has 28 heavy (non-hydrogen) atoms. The summed E-state index contributed by atoms with van der Waals surface area (Å²) in [6, 6.07) is 14.8. The summed E-state index contributed by atoms with van der Waals surface area (Å²) < 4.78 is 0. The van der Waals surface area contributed by atoms with E-state index in [0.717, 1.165) is 0 Å². The van der Waals surface area contributed by atoms with Gasteiger partial charge in [-0.25, -0.2) is 0 Å². The molecule has 0 unspecified atom stereocenters. The van der Waals surface area contributed by atoms with Crippen LogP contribution in [0.2, 0.25) is 0 Å². The maximum Gasteiger partial charge on any atom is 0.270 e. The Labute approximate surface area is 162 Å². The first-order valence-corrected chi connectivity index (χ1v) is 8.91. The number of Topliss-reactive ketones (excluding diaryl/α,β-unsaturated/α-hetero) is 1. The number of non-ortho nitro benzene ring substituents is 2.